The van der Waals surface area contributed by atoms with Crippen LogP contribution in [0, 0.1) is 0 Å². The summed E-state index contributed by atoms with van der Waals surface area (Å²) in [5.41, 5.74) is 1.07. The van der Waals surface area contributed by atoms with Crippen LogP contribution in [-0.2, 0) is 9.47 Å². The van der Waals surface area contributed by atoms with E-state index in [2.05, 4.69) is 12.2 Å². The van der Waals surface area contributed by atoms with Gasteiger partial charge in [-0.3, -0.25) is 0 Å². The standard InChI is InChI=1S/C10H14O2/c1-11-10(12-2)9-7-5-3-4-6-8-9/h3-5,7-8,10H,6H2,1-2H3. The average Bonchev–Trinajstić information content (AvgIpc) is 2.35. The van der Waals surface area contributed by atoms with Crippen LogP contribution in [0.5, 0.6) is 0 Å². The van der Waals surface area contributed by atoms with Gasteiger partial charge in [0.1, 0.15) is 0 Å². The van der Waals surface area contributed by atoms with E-state index in [1.54, 1.807) is 14.2 Å². The fourth-order valence-electron chi connectivity index (χ4n) is 1.14. The van der Waals surface area contributed by atoms with E-state index in [-0.39, 0.29) is 6.29 Å². The minimum atomic E-state index is -0.235. The Hall–Kier alpha value is -0.860. The molecule has 0 heterocycles. The normalized spacial score (nSPS) is 16.4. The zero-order valence-electron chi connectivity index (χ0n) is 7.49. The van der Waals surface area contributed by atoms with Crippen molar-refractivity contribution in [1.29, 1.82) is 0 Å². The Labute approximate surface area is 73.2 Å². The van der Waals surface area contributed by atoms with Crippen LogP contribution in [0.25, 0.3) is 0 Å². The van der Waals surface area contributed by atoms with Gasteiger partial charge in [0.2, 0.25) is 0 Å². The third kappa shape index (κ3) is 2.32. The molecule has 0 saturated carbocycles. The van der Waals surface area contributed by atoms with E-state index in [9.17, 15) is 0 Å². The summed E-state index contributed by atoms with van der Waals surface area (Å²) in [5, 5.41) is 0. The molecule has 0 aromatic rings. The fourth-order valence-corrected chi connectivity index (χ4v) is 1.14. The summed E-state index contributed by atoms with van der Waals surface area (Å²) in [4.78, 5) is 0. The Morgan fingerprint density at radius 1 is 1.25 bits per heavy atom. The molecule has 1 aliphatic rings. The second-order valence-electron chi connectivity index (χ2n) is 2.53. The zero-order chi connectivity index (χ0) is 8.81. The molecule has 0 atom stereocenters. The molecule has 0 saturated heterocycles. The second-order valence-corrected chi connectivity index (χ2v) is 2.53. The van der Waals surface area contributed by atoms with Crippen LogP contribution >= 0.6 is 0 Å². The monoisotopic (exact) mass is 166 g/mol. The van der Waals surface area contributed by atoms with Crippen LogP contribution in [0.3, 0.4) is 0 Å². The molecule has 0 unspecified atom stereocenters. The van der Waals surface area contributed by atoms with Crippen molar-refractivity contribution >= 4 is 0 Å². The maximum absolute atomic E-state index is 5.12. The molecule has 1 rings (SSSR count). The van der Waals surface area contributed by atoms with Crippen molar-refractivity contribution in [2.24, 2.45) is 0 Å². The molecular formula is C10H14O2. The van der Waals surface area contributed by atoms with E-state index in [4.69, 9.17) is 9.47 Å². The molecule has 0 fully saturated rings. The number of hydrogen-bond acceptors (Lipinski definition) is 2. The van der Waals surface area contributed by atoms with E-state index in [1.807, 2.05) is 18.2 Å². The van der Waals surface area contributed by atoms with Gasteiger partial charge in [0.25, 0.3) is 0 Å². The lowest BCUT2D eigenvalue weighted by Gasteiger charge is -2.13. The van der Waals surface area contributed by atoms with Crippen LogP contribution in [0.1, 0.15) is 6.42 Å². The van der Waals surface area contributed by atoms with Gasteiger partial charge in [-0.05, 0) is 6.42 Å². The highest BCUT2D eigenvalue weighted by molar-refractivity contribution is 5.28. The molecule has 66 valence electrons. The number of ether oxygens (including phenoxy) is 2. The highest BCUT2D eigenvalue weighted by Gasteiger charge is 2.08. The zero-order valence-corrected chi connectivity index (χ0v) is 7.49. The molecule has 0 N–H and O–H groups in total. The Bertz CT molecular complexity index is 210. The Kier molecular flexibility index (Phi) is 3.77. The predicted octanol–water partition coefficient (Wildman–Crippen LogP) is 2.05. The third-order valence-corrected chi connectivity index (χ3v) is 1.73. The van der Waals surface area contributed by atoms with E-state index < -0.39 is 0 Å². The van der Waals surface area contributed by atoms with Gasteiger partial charge in [0, 0.05) is 19.8 Å². The van der Waals surface area contributed by atoms with Gasteiger partial charge in [0.05, 0.1) is 0 Å². The molecule has 0 aliphatic heterocycles. The topological polar surface area (TPSA) is 18.5 Å². The van der Waals surface area contributed by atoms with E-state index in [0.717, 1.165) is 12.0 Å². The van der Waals surface area contributed by atoms with Crippen molar-refractivity contribution < 1.29 is 9.47 Å². The fraction of sp³-hybridized carbons (Fsp3) is 0.400. The molecule has 0 radical (unpaired) electrons. The van der Waals surface area contributed by atoms with Crippen molar-refractivity contribution in [3.8, 4) is 0 Å². The lowest BCUT2D eigenvalue weighted by molar-refractivity contribution is -0.0726. The summed E-state index contributed by atoms with van der Waals surface area (Å²) < 4.78 is 10.2. The average molecular weight is 166 g/mol. The summed E-state index contributed by atoms with van der Waals surface area (Å²) in [6.45, 7) is 0. The first kappa shape index (κ1) is 9.23. The lowest BCUT2D eigenvalue weighted by atomic mass is 10.2. The molecule has 0 amide bonds. The van der Waals surface area contributed by atoms with Crippen LogP contribution in [0.2, 0.25) is 0 Å². The minimum Gasteiger partial charge on any atom is -0.352 e. The van der Waals surface area contributed by atoms with E-state index in [0.29, 0.717) is 0 Å². The van der Waals surface area contributed by atoms with Crippen molar-refractivity contribution in [1.82, 2.24) is 0 Å². The van der Waals surface area contributed by atoms with Crippen molar-refractivity contribution in [3.05, 3.63) is 36.0 Å². The molecule has 0 bridgehead atoms. The molecule has 12 heavy (non-hydrogen) atoms. The van der Waals surface area contributed by atoms with Gasteiger partial charge >= 0.3 is 0 Å². The molecule has 2 nitrogen and oxygen atoms in total. The lowest BCUT2D eigenvalue weighted by Crippen LogP contribution is -2.14. The second kappa shape index (κ2) is 4.91. The summed E-state index contributed by atoms with van der Waals surface area (Å²) in [6, 6.07) is 0. The van der Waals surface area contributed by atoms with Gasteiger partial charge in [0.15, 0.2) is 6.29 Å². The SMILES string of the molecule is COC(OC)C1=CCC=CC=C1. The van der Waals surface area contributed by atoms with Gasteiger partial charge < -0.3 is 9.47 Å². The summed E-state index contributed by atoms with van der Waals surface area (Å²) >= 11 is 0. The number of methoxy groups -OCH3 is 2. The van der Waals surface area contributed by atoms with Crippen LogP contribution in [0.4, 0.5) is 0 Å². The Balaban J connectivity index is 2.66. The first-order valence-electron chi connectivity index (χ1n) is 3.97. The van der Waals surface area contributed by atoms with Gasteiger partial charge in [-0.2, -0.15) is 0 Å². The molecule has 1 aliphatic carbocycles. The number of allylic oxidation sites excluding steroid dienone is 4. The van der Waals surface area contributed by atoms with Crippen molar-refractivity contribution in [3.63, 3.8) is 0 Å². The van der Waals surface area contributed by atoms with Crippen LogP contribution < -0.4 is 0 Å². The maximum Gasteiger partial charge on any atom is 0.182 e. The molecule has 2 heteroatoms. The van der Waals surface area contributed by atoms with Crippen molar-refractivity contribution in [2.75, 3.05) is 14.2 Å². The third-order valence-electron chi connectivity index (χ3n) is 1.73. The number of hydrogen-bond donors (Lipinski definition) is 0. The van der Waals surface area contributed by atoms with E-state index in [1.165, 1.54) is 0 Å². The first-order valence-corrected chi connectivity index (χ1v) is 3.97. The van der Waals surface area contributed by atoms with E-state index >= 15 is 0 Å². The first-order chi connectivity index (χ1) is 5.88. The maximum atomic E-state index is 5.12. The highest BCUT2D eigenvalue weighted by atomic mass is 16.7. The molecule has 0 spiro atoms. The quantitative estimate of drug-likeness (QED) is 0.597. The summed E-state index contributed by atoms with van der Waals surface area (Å²) in [7, 11) is 3.28. The van der Waals surface area contributed by atoms with Gasteiger partial charge in [-0.1, -0.05) is 30.4 Å². The van der Waals surface area contributed by atoms with Crippen molar-refractivity contribution in [2.45, 2.75) is 12.7 Å². The Morgan fingerprint density at radius 3 is 2.67 bits per heavy atom. The van der Waals surface area contributed by atoms with Gasteiger partial charge in [-0.15, -0.1) is 0 Å². The van der Waals surface area contributed by atoms with Crippen LogP contribution in [-0.4, -0.2) is 20.5 Å². The minimum absolute atomic E-state index is 0.235. The largest absolute Gasteiger partial charge is 0.352 e. The predicted molar refractivity (Wildman–Crippen MR) is 48.8 cm³/mol. The molecular weight excluding hydrogens is 152 g/mol. The highest BCUT2D eigenvalue weighted by Crippen LogP contribution is 2.12. The summed E-state index contributed by atoms with van der Waals surface area (Å²) in [6.07, 6.45) is 10.9. The summed E-state index contributed by atoms with van der Waals surface area (Å²) in [5.74, 6) is 0. The number of rotatable bonds is 3. The van der Waals surface area contributed by atoms with Crippen LogP contribution in [0.15, 0.2) is 36.0 Å². The molecule has 0 aromatic heterocycles. The smallest absolute Gasteiger partial charge is 0.182 e. The van der Waals surface area contributed by atoms with Gasteiger partial charge in [-0.25, -0.2) is 0 Å². The Morgan fingerprint density at radius 2 is 2.00 bits per heavy atom. The molecule has 0 aromatic carbocycles.